The molecule has 0 unspecified atom stereocenters. The Kier molecular flexibility index (Phi) is 8.07. The van der Waals surface area contributed by atoms with Crippen molar-refractivity contribution in [3.63, 3.8) is 0 Å². The van der Waals surface area contributed by atoms with E-state index in [4.69, 9.17) is 4.42 Å². The number of rotatable bonds is 9. The molecule has 1 aliphatic carbocycles. The van der Waals surface area contributed by atoms with Gasteiger partial charge in [0.15, 0.2) is 5.76 Å². The number of benzene rings is 1. The third kappa shape index (κ3) is 7.08. The summed E-state index contributed by atoms with van der Waals surface area (Å²) in [6.45, 7) is 7.97. The summed E-state index contributed by atoms with van der Waals surface area (Å²) in [5, 5.41) is 8.58. The summed E-state index contributed by atoms with van der Waals surface area (Å²) in [5.74, 6) is 1.48. The zero-order valence-corrected chi connectivity index (χ0v) is 20.5. The summed E-state index contributed by atoms with van der Waals surface area (Å²) >= 11 is 0. The van der Waals surface area contributed by atoms with E-state index in [1.807, 2.05) is 24.8 Å². The van der Waals surface area contributed by atoms with Crippen LogP contribution in [0.25, 0.3) is 0 Å². The highest BCUT2D eigenvalue weighted by Crippen LogP contribution is 2.27. The molecule has 0 radical (unpaired) electrons. The second kappa shape index (κ2) is 11.4. The predicted molar refractivity (Wildman–Crippen MR) is 133 cm³/mol. The largest absolute Gasteiger partial charge is 0.455 e. The maximum absolute atomic E-state index is 12.9. The van der Waals surface area contributed by atoms with E-state index >= 15 is 0 Å². The topological polar surface area (TPSA) is 107 Å². The molecule has 9 heteroatoms. The van der Waals surface area contributed by atoms with Crippen molar-refractivity contribution in [3.8, 4) is 0 Å². The van der Waals surface area contributed by atoms with Gasteiger partial charge in [-0.05, 0) is 68.5 Å². The van der Waals surface area contributed by atoms with Gasteiger partial charge in [0.2, 0.25) is 0 Å². The Morgan fingerprint density at radius 2 is 1.74 bits per heavy atom. The van der Waals surface area contributed by atoms with Gasteiger partial charge in [-0.25, -0.2) is 4.79 Å². The highest BCUT2D eigenvalue weighted by atomic mass is 16.4. The van der Waals surface area contributed by atoms with Crippen molar-refractivity contribution in [1.29, 1.82) is 0 Å². The average molecular weight is 482 g/mol. The molecule has 188 valence electrons. The van der Waals surface area contributed by atoms with Crippen LogP contribution in [0.3, 0.4) is 0 Å². The van der Waals surface area contributed by atoms with Crippen LogP contribution >= 0.6 is 0 Å². The maximum Gasteiger partial charge on any atom is 0.319 e. The molecule has 3 N–H and O–H groups in total. The summed E-state index contributed by atoms with van der Waals surface area (Å²) < 4.78 is 5.74. The molecule has 2 aromatic rings. The Morgan fingerprint density at radius 3 is 2.40 bits per heavy atom. The number of urea groups is 1. The lowest BCUT2D eigenvalue weighted by Crippen LogP contribution is -2.48. The Hall–Kier alpha value is -3.33. The molecule has 1 aromatic heterocycles. The van der Waals surface area contributed by atoms with Crippen LogP contribution in [0.15, 0.2) is 40.8 Å². The lowest BCUT2D eigenvalue weighted by Gasteiger charge is -2.34. The predicted octanol–water partition coefficient (Wildman–Crippen LogP) is 3.30. The Labute approximate surface area is 206 Å². The minimum Gasteiger partial charge on any atom is -0.455 e. The molecule has 2 fully saturated rings. The van der Waals surface area contributed by atoms with Crippen molar-refractivity contribution >= 4 is 23.5 Å². The summed E-state index contributed by atoms with van der Waals surface area (Å²) in [4.78, 5) is 41.1. The summed E-state index contributed by atoms with van der Waals surface area (Å²) in [7, 11) is 0. The van der Waals surface area contributed by atoms with Crippen molar-refractivity contribution in [2.24, 2.45) is 5.92 Å². The van der Waals surface area contributed by atoms with E-state index < -0.39 is 0 Å². The second-order valence-electron chi connectivity index (χ2n) is 9.47. The number of carbonyl (C=O) groups is 3. The number of nitrogens with zero attached hydrogens (tertiary/aromatic N) is 2. The van der Waals surface area contributed by atoms with Gasteiger partial charge in [0, 0.05) is 50.0 Å². The van der Waals surface area contributed by atoms with Gasteiger partial charge in [-0.1, -0.05) is 6.92 Å². The van der Waals surface area contributed by atoms with Gasteiger partial charge in [-0.3, -0.25) is 14.5 Å². The fourth-order valence-electron chi connectivity index (χ4n) is 3.92. The summed E-state index contributed by atoms with van der Waals surface area (Å²) in [6.07, 6.45) is 3.24. The fraction of sp³-hybridized carbons (Fsp3) is 0.500. The molecule has 2 aliphatic rings. The first-order chi connectivity index (χ1) is 16.9. The molecule has 1 aromatic carbocycles. The van der Waals surface area contributed by atoms with Crippen molar-refractivity contribution < 1.29 is 18.8 Å². The van der Waals surface area contributed by atoms with Crippen LogP contribution in [0, 0.1) is 5.92 Å². The molecule has 2 heterocycles. The first-order valence-corrected chi connectivity index (χ1v) is 12.5. The number of amides is 4. The molecule has 1 saturated carbocycles. The van der Waals surface area contributed by atoms with Crippen LogP contribution in [0.2, 0.25) is 0 Å². The number of nitrogens with one attached hydrogen (secondary N) is 3. The monoisotopic (exact) mass is 481 g/mol. The lowest BCUT2D eigenvalue weighted by molar-refractivity contribution is 0.0618. The molecule has 1 atom stereocenters. The number of carbonyl (C=O) groups excluding carboxylic acids is 3. The minimum absolute atomic E-state index is 0.0172. The molecular formula is C26H35N5O4. The van der Waals surface area contributed by atoms with Crippen molar-refractivity contribution in [3.05, 3.63) is 53.5 Å². The quantitative estimate of drug-likeness (QED) is 0.510. The number of piperazine rings is 1. The van der Waals surface area contributed by atoms with E-state index in [0.717, 1.165) is 25.3 Å². The highest BCUT2D eigenvalue weighted by molar-refractivity contribution is 5.95. The third-order valence-electron chi connectivity index (χ3n) is 6.55. The van der Waals surface area contributed by atoms with Crippen LogP contribution in [-0.4, -0.2) is 66.4 Å². The smallest absolute Gasteiger partial charge is 0.319 e. The van der Waals surface area contributed by atoms with Crippen LogP contribution in [0.5, 0.6) is 0 Å². The number of hydrogen-bond acceptors (Lipinski definition) is 5. The van der Waals surface area contributed by atoms with Gasteiger partial charge >= 0.3 is 6.03 Å². The van der Waals surface area contributed by atoms with Gasteiger partial charge in [-0.15, -0.1) is 0 Å². The maximum atomic E-state index is 12.9. The van der Waals surface area contributed by atoms with E-state index in [-0.39, 0.29) is 23.9 Å². The molecule has 0 bridgehead atoms. The highest BCUT2D eigenvalue weighted by Gasteiger charge is 2.24. The van der Waals surface area contributed by atoms with Crippen LogP contribution in [-0.2, 0) is 6.54 Å². The first kappa shape index (κ1) is 24.8. The lowest BCUT2D eigenvalue weighted by atomic mass is 10.1. The third-order valence-corrected chi connectivity index (χ3v) is 6.55. The van der Waals surface area contributed by atoms with Crippen molar-refractivity contribution in [1.82, 2.24) is 20.4 Å². The fourth-order valence-corrected chi connectivity index (χ4v) is 3.92. The van der Waals surface area contributed by atoms with E-state index in [0.29, 0.717) is 49.1 Å². The van der Waals surface area contributed by atoms with E-state index in [9.17, 15) is 14.4 Å². The standard InChI is InChI=1S/C26H35N5O4/c1-3-18(2)28-24(32)23-11-10-22(35-23)17-30-12-14-31(15-13-30)25(33)20-6-8-21(9-7-20)29-26(34)27-16-19-4-5-19/h6-11,18-19H,3-5,12-17H2,1-2H3,(H,28,32)(H2,27,29,34)/t18-/m1/s1. The SMILES string of the molecule is CC[C@@H](C)NC(=O)c1ccc(CN2CCN(C(=O)c3ccc(NC(=O)NCC4CC4)cc3)CC2)o1. The van der Waals surface area contributed by atoms with E-state index in [1.54, 1.807) is 30.3 Å². The van der Waals surface area contributed by atoms with E-state index in [1.165, 1.54) is 12.8 Å². The van der Waals surface area contributed by atoms with Gasteiger partial charge in [0.05, 0.1) is 6.54 Å². The molecule has 4 amide bonds. The van der Waals surface area contributed by atoms with Crippen LogP contribution in [0.4, 0.5) is 10.5 Å². The summed E-state index contributed by atoms with van der Waals surface area (Å²) in [6, 6.07) is 10.4. The van der Waals surface area contributed by atoms with Crippen molar-refractivity contribution in [2.45, 2.75) is 45.7 Å². The number of anilines is 1. The Balaban J connectivity index is 1.21. The second-order valence-corrected chi connectivity index (χ2v) is 9.47. The molecule has 9 nitrogen and oxygen atoms in total. The van der Waals surface area contributed by atoms with Gasteiger partial charge in [-0.2, -0.15) is 0 Å². The minimum atomic E-state index is -0.216. The normalized spacial score (nSPS) is 17.0. The molecular weight excluding hydrogens is 446 g/mol. The van der Waals surface area contributed by atoms with E-state index in [2.05, 4.69) is 20.9 Å². The zero-order valence-electron chi connectivity index (χ0n) is 20.5. The van der Waals surface area contributed by atoms with Crippen LogP contribution < -0.4 is 16.0 Å². The van der Waals surface area contributed by atoms with Gasteiger partial charge in [0.1, 0.15) is 5.76 Å². The summed E-state index contributed by atoms with van der Waals surface area (Å²) in [5.41, 5.74) is 1.26. The number of hydrogen-bond donors (Lipinski definition) is 3. The molecule has 4 rings (SSSR count). The van der Waals surface area contributed by atoms with Crippen LogP contribution in [0.1, 0.15) is 59.8 Å². The van der Waals surface area contributed by atoms with Gasteiger partial charge < -0.3 is 25.3 Å². The Morgan fingerprint density at radius 1 is 1.03 bits per heavy atom. The first-order valence-electron chi connectivity index (χ1n) is 12.5. The van der Waals surface area contributed by atoms with Crippen molar-refractivity contribution in [2.75, 3.05) is 38.0 Å². The zero-order chi connectivity index (χ0) is 24.8. The molecule has 35 heavy (non-hydrogen) atoms. The number of furan rings is 1. The Bertz CT molecular complexity index is 1020. The molecule has 1 aliphatic heterocycles. The molecule has 1 saturated heterocycles. The average Bonchev–Trinajstić information content (AvgIpc) is 3.59. The molecule has 0 spiro atoms. The van der Waals surface area contributed by atoms with Gasteiger partial charge in [0.25, 0.3) is 11.8 Å².